The average Bonchev–Trinajstić information content (AvgIpc) is 2.60. The first-order chi connectivity index (χ1) is 12.3. The first-order valence-electron chi connectivity index (χ1n) is 8.04. The van der Waals surface area contributed by atoms with Crippen LogP contribution in [0.5, 0.6) is 0 Å². The van der Waals surface area contributed by atoms with Crippen LogP contribution >= 0.6 is 0 Å². The summed E-state index contributed by atoms with van der Waals surface area (Å²) < 4.78 is 38.0. The van der Waals surface area contributed by atoms with E-state index in [0.29, 0.717) is 11.1 Å². The van der Waals surface area contributed by atoms with E-state index in [2.05, 4.69) is 10.6 Å². The number of alkyl halides is 3. The third-order valence-corrected chi connectivity index (χ3v) is 3.65. The predicted octanol–water partition coefficient (Wildman–Crippen LogP) is 3.53. The standard InChI is InChI=1S/C19H19F3N2O2/c1-13(24-18(26)15-7-3-2-4-8-15)10-17(25)23-12-14-6-5-9-16(11-14)19(20,21)22/h2-9,11,13H,10,12H2,1H3,(H,23,25)(H,24,26). The van der Waals surface area contributed by atoms with Crippen LogP contribution in [0, 0.1) is 0 Å². The van der Waals surface area contributed by atoms with E-state index >= 15 is 0 Å². The summed E-state index contributed by atoms with van der Waals surface area (Å²) in [5.74, 6) is -0.646. The minimum absolute atomic E-state index is 0.0118. The number of carbonyl (C=O) groups is 2. The summed E-state index contributed by atoms with van der Waals surface area (Å²) in [4.78, 5) is 23.9. The summed E-state index contributed by atoms with van der Waals surface area (Å²) in [7, 11) is 0. The molecular formula is C19H19F3N2O2. The third kappa shape index (κ3) is 5.91. The zero-order valence-electron chi connectivity index (χ0n) is 14.1. The van der Waals surface area contributed by atoms with Crippen molar-refractivity contribution in [3.63, 3.8) is 0 Å². The predicted molar refractivity (Wildman–Crippen MR) is 91.3 cm³/mol. The van der Waals surface area contributed by atoms with Crippen LogP contribution in [0.1, 0.15) is 34.8 Å². The Morgan fingerprint density at radius 1 is 1.04 bits per heavy atom. The Balaban J connectivity index is 1.82. The van der Waals surface area contributed by atoms with Gasteiger partial charge in [0.25, 0.3) is 5.91 Å². The topological polar surface area (TPSA) is 58.2 Å². The Hall–Kier alpha value is -2.83. The van der Waals surface area contributed by atoms with Gasteiger partial charge in [-0.3, -0.25) is 9.59 Å². The van der Waals surface area contributed by atoms with Gasteiger partial charge in [-0.25, -0.2) is 0 Å². The van der Waals surface area contributed by atoms with Crippen molar-refractivity contribution < 1.29 is 22.8 Å². The van der Waals surface area contributed by atoms with Gasteiger partial charge in [0, 0.05) is 24.6 Å². The summed E-state index contributed by atoms with van der Waals surface area (Å²) in [5.41, 5.74) is 0.0885. The SMILES string of the molecule is CC(CC(=O)NCc1cccc(C(F)(F)F)c1)NC(=O)c1ccccc1. The van der Waals surface area contributed by atoms with Gasteiger partial charge in [0.2, 0.25) is 5.91 Å². The summed E-state index contributed by atoms with van der Waals surface area (Å²) in [6, 6.07) is 13.0. The van der Waals surface area contributed by atoms with Gasteiger partial charge in [0.15, 0.2) is 0 Å². The van der Waals surface area contributed by atoms with Crippen molar-refractivity contribution in [3.8, 4) is 0 Å². The maximum Gasteiger partial charge on any atom is 0.416 e. The summed E-state index contributed by atoms with van der Waals surface area (Å²) in [5, 5.41) is 5.27. The summed E-state index contributed by atoms with van der Waals surface area (Å²) in [6.07, 6.45) is -4.40. The molecule has 0 bridgehead atoms. The smallest absolute Gasteiger partial charge is 0.352 e. The monoisotopic (exact) mass is 364 g/mol. The van der Waals surface area contributed by atoms with E-state index in [9.17, 15) is 22.8 Å². The van der Waals surface area contributed by atoms with Gasteiger partial charge in [0.1, 0.15) is 0 Å². The molecule has 0 aromatic heterocycles. The van der Waals surface area contributed by atoms with Gasteiger partial charge >= 0.3 is 6.18 Å². The number of hydrogen-bond acceptors (Lipinski definition) is 2. The molecule has 0 aliphatic heterocycles. The van der Waals surface area contributed by atoms with Crippen LogP contribution in [-0.2, 0) is 17.5 Å². The molecule has 2 aromatic carbocycles. The molecule has 0 saturated heterocycles. The molecule has 0 heterocycles. The highest BCUT2D eigenvalue weighted by atomic mass is 19.4. The number of amides is 2. The molecule has 0 fully saturated rings. The molecule has 0 aliphatic carbocycles. The lowest BCUT2D eigenvalue weighted by molar-refractivity contribution is -0.137. The second-order valence-corrected chi connectivity index (χ2v) is 5.92. The van der Waals surface area contributed by atoms with Crippen molar-refractivity contribution >= 4 is 11.8 Å². The molecule has 1 atom stereocenters. The normalized spacial score (nSPS) is 12.3. The Labute approximate surface area is 149 Å². The maximum atomic E-state index is 12.7. The Morgan fingerprint density at radius 3 is 2.38 bits per heavy atom. The van der Waals surface area contributed by atoms with E-state index in [1.807, 2.05) is 0 Å². The number of rotatable bonds is 6. The summed E-state index contributed by atoms with van der Waals surface area (Å²) in [6.45, 7) is 1.67. The molecule has 1 unspecified atom stereocenters. The molecule has 26 heavy (non-hydrogen) atoms. The molecular weight excluding hydrogens is 345 g/mol. The lowest BCUT2D eigenvalue weighted by Crippen LogP contribution is -2.37. The fourth-order valence-electron chi connectivity index (χ4n) is 2.36. The largest absolute Gasteiger partial charge is 0.416 e. The maximum absolute atomic E-state index is 12.7. The molecule has 2 rings (SSSR count). The Morgan fingerprint density at radius 2 is 1.73 bits per heavy atom. The summed E-state index contributed by atoms with van der Waals surface area (Å²) >= 11 is 0. The molecule has 7 heteroatoms. The van der Waals surface area contributed by atoms with Crippen molar-refractivity contribution in [2.45, 2.75) is 32.1 Å². The molecule has 2 aromatic rings. The van der Waals surface area contributed by atoms with Gasteiger partial charge in [-0.2, -0.15) is 13.2 Å². The zero-order chi connectivity index (χ0) is 19.2. The lowest BCUT2D eigenvalue weighted by Gasteiger charge is -2.14. The van der Waals surface area contributed by atoms with E-state index in [1.54, 1.807) is 37.3 Å². The average molecular weight is 364 g/mol. The van der Waals surface area contributed by atoms with Crippen LogP contribution in [0.25, 0.3) is 0 Å². The van der Waals surface area contributed by atoms with E-state index in [0.717, 1.165) is 12.1 Å². The van der Waals surface area contributed by atoms with E-state index in [-0.39, 0.29) is 24.8 Å². The molecule has 2 N–H and O–H groups in total. The molecule has 4 nitrogen and oxygen atoms in total. The first-order valence-corrected chi connectivity index (χ1v) is 8.04. The fourth-order valence-corrected chi connectivity index (χ4v) is 2.36. The highest BCUT2D eigenvalue weighted by molar-refractivity contribution is 5.94. The van der Waals surface area contributed by atoms with E-state index in [1.165, 1.54) is 12.1 Å². The number of halogens is 3. The van der Waals surface area contributed by atoms with Crippen molar-refractivity contribution in [2.75, 3.05) is 0 Å². The first kappa shape index (κ1) is 19.5. The number of carbonyl (C=O) groups excluding carboxylic acids is 2. The molecule has 0 aliphatic rings. The number of hydrogen-bond donors (Lipinski definition) is 2. The second kappa shape index (κ2) is 8.51. The number of nitrogens with one attached hydrogen (secondary N) is 2. The van der Waals surface area contributed by atoms with E-state index in [4.69, 9.17) is 0 Å². The lowest BCUT2D eigenvalue weighted by atomic mass is 10.1. The van der Waals surface area contributed by atoms with Crippen LogP contribution in [0.15, 0.2) is 54.6 Å². The van der Waals surface area contributed by atoms with Gasteiger partial charge in [-0.05, 0) is 36.8 Å². The minimum Gasteiger partial charge on any atom is -0.352 e. The number of benzene rings is 2. The zero-order valence-corrected chi connectivity index (χ0v) is 14.1. The minimum atomic E-state index is -4.42. The van der Waals surface area contributed by atoms with Crippen LogP contribution < -0.4 is 10.6 Å². The van der Waals surface area contributed by atoms with Crippen LogP contribution in [-0.4, -0.2) is 17.9 Å². The third-order valence-electron chi connectivity index (χ3n) is 3.65. The molecule has 0 spiro atoms. The van der Waals surface area contributed by atoms with Crippen molar-refractivity contribution in [2.24, 2.45) is 0 Å². The molecule has 138 valence electrons. The van der Waals surface area contributed by atoms with Gasteiger partial charge < -0.3 is 10.6 Å². The fraction of sp³-hybridized carbons (Fsp3) is 0.263. The van der Waals surface area contributed by atoms with Gasteiger partial charge in [-0.15, -0.1) is 0 Å². The molecule has 2 amide bonds. The highest BCUT2D eigenvalue weighted by Gasteiger charge is 2.30. The van der Waals surface area contributed by atoms with Crippen molar-refractivity contribution in [1.29, 1.82) is 0 Å². The van der Waals surface area contributed by atoms with Crippen LogP contribution in [0.3, 0.4) is 0 Å². The Kier molecular flexibility index (Phi) is 6.38. The molecule has 0 radical (unpaired) electrons. The molecule has 0 saturated carbocycles. The van der Waals surface area contributed by atoms with Crippen molar-refractivity contribution in [3.05, 3.63) is 71.3 Å². The van der Waals surface area contributed by atoms with Gasteiger partial charge in [-0.1, -0.05) is 30.3 Å². The van der Waals surface area contributed by atoms with Gasteiger partial charge in [0.05, 0.1) is 5.56 Å². The van der Waals surface area contributed by atoms with E-state index < -0.39 is 17.8 Å². The second-order valence-electron chi connectivity index (χ2n) is 5.92. The quantitative estimate of drug-likeness (QED) is 0.824. The van der Waals surface area contributed by atoms with Crippen LogP contribution in [0.4, 0.5) is 13.2 Å². The highest BCUT2D eigenvalue weighted by Crippen LogP contribution is 2.29. The van der Waals surface area contributed by atoms with Crippen molar-refractivity contribution in [1.82, 2.24) is 10.6 Å². The van der Waals surface area contributed by atoms with Crippen LogP contribution in [0.2, 0.25) is 0 Å². The Bertz CT molecular complexity index is 761.